The summed E-state index contributed by atoms with van der Waals surface area (Å²) in [5.41, 5.74) is 5.72. The van der Waals surface area contributed by atoms with Crippen LogP contribution in [0.5, 0.6) is 0 Å². The summed E-state index contributed by atoms with van der Waals surface area (Å²) in [4.78, 5) is 13.4. The molecule has 8 heteroatoms. The molecule has 0 aliphatic rings. The van der Waals surface area contributed by atoms with Crippen molar-refractivity contribution in [3.63, 3.8) is 0 Å². The number of amides is 1. The van der Waals surface area contributed by atoms with Gasteiger partial charge in [0.2, 0.25) is 0 Å². The highest BCUT2D eigenvalue weighted by Crippen LogP contribution is 2.21. The molecule has 29 heavy (non-hydrogen) atoms. The first kappa shape index (κ1) is 20.8. The van der Waals surface area contributed by atoms with Gasteiger partial charge in [-0.25, -0.2) is 13.8 Å². The normalized spacial score (nSPS) is 11.9. The van der Waals surface area contributed by atoms with E-state index in [-0.39, 0.29) is 10.5 Å². The van der Waals surface area contributed by atoms with E-state index in [9.17, 15) is 13.2 Å². The minimum Gasteiger partial charge on any atom is -0.279 e. The number of carbonyl (C=O) groups is 1. The molecule has 0 aliphatic heterocycles. The topological polar surface area (TPSA) is 87.6 Å². The van der Waals surface area contributed by atoms with E-state index in [4.69, 9.17) is 0 Å². The molecule has 0 atom stereocenters. The molecule has 0 spiro atoms. The molecule has 3 rings (SSSR count). The summed E-state index contributed by atoms with van der Waals surface area (Å²) < 4.78 is 28.1. The van der Waals surface area contributed by atoms with Crippen molar-refractivity contribution in [2.45, 2.75) is 25.7 Å². The van der Waals surface area contributed by atoms with E-state index in [1.165, 1.54) is 29.5 Å². The Kier molecular flexibility index (Phi) is 6.14. The molecule has 1 aromatic heterocycles. The van der Waals surface area contributed by atoms with Crippen LogP contribution in [0.25, 0.3) is 0 Å². The standard InChI is InChI=1S/C21H21N3O3S2/c1-14-9-10-19(15(2)12-14)24-29(26,27)18-7-4-6-17(13-18)21(25)23-22-16(3)20-8-5-11-28-20/h4-13,24H,1-3H3,(H,23,25)/b22-16-. The maximum absolute atomic E-state index is 12.8. The number of hydrazone groups is 1. The van der Waals surface area contributed by atoms with E-state index < -0.39 is 15.9 Å². The first-order valence-corrected chi connectivity index (χ1v) is 11.2. The van der Waals surface area contributed by atoms with Crippen molar-refractivity contribution in [1.29, 1.82) is 0 Å². The summed E-state index contributed by atoms with van der Waals surface area (Å²) in [6.07, 6.45) is 0. The van der Waals surface area contributed by atoms with Gasteiger partial charge in [-0.15, -0.1) is 11.3 Å². The molecule has 0 saturated heterocycles. The van der Waals surface area contributed by atoms with Crippen LogP contribution in [0.3, 0.4) is 0 Å². The van der Waals surface area contributed by atoms with Crippen LogP contribution in [0.15, 0.2) is 70.0 Å². The molecular formula is C21H21N3O3S2. The lowest BCUT2D eigenvalue weighted by Crippen LogP contribution is -2.20. The second-order valence-corrected chi connectivity index (χ2v) is 9.20. The van der Waals surface area contributed by atoms with Gasteiger partial charge in [0.1, 0.15) is 0 Å². The van der Waals surface area contributed by atoms with Crippen LogP contribution in [0.2, 0.25) is 0 Å². The Bertz CT molecular complexity index is 1170. The van der Waals surface area contributed by atoms with Gasteiger partial charge in [-0.2, -0.15) is 5.10 Å². The zero-order valence-electron chi connectivity index (χ0n) is 16.3. The average molecular weight is 428 g/mol. The number of rotatable bonds is 6. The number of nitrogens with one attached hydrogen (secondary N) is 2. The number of sulfonamides is 1. The molecule has 0 bridgehead atoms. The minimum absolute atomic E-state index is 0.00378. The van der Waals surface area contributed by atoms with E-state index in [1.807, 2.05) is 43.5 Å². The van der Waals surface area contributed by atoms with Crippen molar-refractivity contribution in [3.05, 3.63) is 81.5 Å². The van der Waals surface area contributed by atoms with Gasteiger partial charge in [0.25, 0.3) is 15.9 Å². The number of thiophene rings is 1. The number of benzene rings is 2. The average Bonchev–Trinajstić information content (AvgIpc) is 3.23. The molecule has 6 nitrogen and oxygen atoms in total. The smallest absolute Gasteiger partial charge is 0.271 e. The Morgan fingerprint density at radius 2 is 1.83 bits per heavy atom. The van der Waals surface area contributed by atoms with Crippen molar-refractivity contribution in [2.75, 3.05) is 4.72 Å². The molecule has 1 heterocycles. The van der Waals surface area contributed by atoms with Crippen LogP contribution in [0.4, 0.5) is 5.69 Å². The number of hydrogen-bond acceptors (Lipinski definition) is 5. The monoisotopic (exact) mass is 427 g/mol. The second-order valence-electron chi connectivity index (χ2n) is 6.57. The zero-order chi connectivity index (χ0) is 21.0. The zero-order valence-corrected chi connectivity index (χ0v) is 17.9. The number of aryl methyl sites for hydroxylation is 2. The van der Waals surface area contributed by atoms with Gasteiger partial charge in [-0.05, 0) is 62.0 Å². The molecular weight excluding hydrogens is 406 g/mol. The van der Waals surface area contributed by atoms with Gasteiger partial charge in [0.05, 0.1) is 16.3 Å². The molecule has 0 radical (unpaired) electrons. The van der Waals surface area contributed by atoms with Crippen LogP contribution in [0.1, 0.15) is 33.3 Å². The first-order valence-electron chi connectivity index (χ1n) is 8.85. The molecule has 150 valence electrons. The summed E-state index contributed by atoms with van der Waals surface area (Å²) in [6.45, 7) is 5.57. The van der Waals surface area contributed by atoms with Crippen LogP contribution in [-0.4, -0.2) is 20.0 Å². The summed E-state index contributed by atoms with van der Waals surface area (Å²) in [7, 11) is -3.84. The highest BCUT2D eigenvalue weighted by Gasteiger charge is 2.17. The Morgan fingerprint density at radius 3 is 2.52 bits per heavy atom. The maximum atomic E-state index is 12.8. The lowest BCUT2D eigenvalue weighted by molar-refractivity contribution is 0.0954. The van der Waals surface area contributed by atoms with E-state index in [2.05, 4.69) is 15.2 Å². The quantitative estimate of drug-likeness (QED) is 0.454. The van der Waals surface area contributed by atoms with E-state index in [0.717, 1.165) is 16.0 Å². The molecule has 0 fully saturated rings. The fraction of sp³-hybridized carbons (Fsp3) is 0.143. The number of carbonyl (C=O) groups excluding carboxylic acids is 1. The highest BCUT2D eigenvalue weighted by atomic mass is 32.2. The van der Waals surface area contributed by atoms with Crippen molar-refractivity contribution in [1.82, 2.24) is 5.43 Å². The third kappa shape index (κ3) is 5.10. The van der Waals surface area contributed by atoms with Gasteiger partial charge < -0.3 is 0 Å². The summed E-state index contributed by atoms with van der Waals surface area (Å²) in [5, 5.41) is 6.01. The highest BCUT2D eigenvalue weighted by molar-refractivity contribution is 7.92. The van der Waals surface area contributed by atoms with Crippen LogP contribution >= 0.6 is 11.3 Å². The molecule has 3 aromatic rings. The predicted octanol–water partition coefficient (Wildman–Crippen LogP) is 4.32. The van der Waals surface area contributed by atoms with Crippen molar-refractivity contribution < 1.29 is 13.2 Å². The van der Waals surface area contributed by atoms with Gasteiger partial charge in [0, 0.05) is 10.4 Å². The maximum Gasteiger partial charge on any atom is 0.271 e. The Hall–Kier alpha value is -2.97. The van der Waals surface area contributed by atoms with Gasteiger partial charge >= 0.3 is 0 Å². The van der Waals surface area contributed by atoms with Gasteiger partial charge in [0.15, 0.2) is 0 Å². The fourth-order valence-electron chi connectivity index (χ4n) is 2.67. The first-order chi connectivity index (χ1) is 13.8. The second kappa shape index (κ2) is 8.59. The van der Waals surface area contributed by atoms with Crippen molar-refractivity contribution >= 4 is 38.7 Å². The van der Waals surface area contributed by atoms with Crippen LogP contribution in [-0.2, 0) is 10.0 Å². The van der Waals surface area contributed by atoms with E-state index >= 15 is 0 Å². The third-order valence-corrected chi connectivity index (χ3v) is 6.58. The SMILES string of the molecule is C/C(=N/NC(=O)c1cccc(S(=O)(=O)Nc2ccc(C)cc2C)c1)c1cccs1. The number of nitrogens with zero attached hydrogens (tertiary/aromatic N) is 1. The van der Waals surface area contributed by atoms with Gasteiger partial charge in [-0.1, -0.05) is 29.8 Å². The molecule has 2 N–H and O–H groups in total. The van der Waals surface area contributed by atoms with Crippen molar-refractivity contribution in [3.8, 4) is 0 Å². The summed E-state index contributed by atoms with van der Waals surface area (Å²) in [6, 6.07) is 15.1. The Morgan fingerprint density at radius 1 is 1.03 bits per heavy atom. The fourth-order valence-corrected chi connectivity index (χ4v) is 4.53. The van der Waals surface area contributed by atoms with E-state index in [1.54, 1.807) is 19.1 Å². The largest absolute Gasteiger partial charge is 0.279 e. The Balaban J connectivity index is 1.79. The Labute approximate surface area is 174 Å². The molecule has 0 unspecified atom stereocenters. The molecule has 2 aromatic carbocycles. The van der Waals surface area contributed by atoms with Crippen LogP contribution in [0, 0.1) is 13.8 Å². The van der Waals surface area contributed by atoms with Gasteiger partial charge in [-0.3, -0.25) is 9.52 Å². The number of hydrogen-bond donors (Lipinski definition) is 2. The third-order valence-electron chi connectivity index (χ3n) is 4.24. The predicted molar refractivity (Wildman–Crippen MR) is 117 cm³/mol. The van der Waals surface area contributed by atoms with Crippen LogP contribution < -0.4 is 10.1 Å². The van der Waals surface area contributed by atoms with E-state index in [0.29, 0.717) is 11.4 Å². The molecule has 0 saturated carbocycles. The molecule has 1 amide bonds. The minimum atomic E-state index is -3.84. The molecule has 0 aliphatic carbocycles. The summed E-state index contributed by atoms with van der Waals surface area (Å²) in [5.74, 6) is -0.482. The van der Waals surface area contributed by atoms with Crippen molar-refractivity contribution in [2.24, 2.45) is 5.10 Å². The lowest BCUT2D eigenvalue weighted by Gasteiger charge is -2.12. The number of anilines is 1. The lowest BCUT2D eigenvalue weighted by atomic mass is 10.1. The summed E-state index contributed by atoms with van der Waals surface area (Å²) >= 11 is 1.52.